The quantitative estimate of drug-likeness (QED) is 0.230. The topological polar surface area (TPSA) is 109 Å². The monoisotopic (exact) mass is 533 g/mol. The second-order valence-corrected chi connectivity index (χ2v) is 9.35. The van der Waals surface area contributed by atoms with E-state index in [9.17, 15) is 9.59 Å². The van der Waals surface area contributed by atoms with E-state index in [0.29, 0.717) is 28.6 Å². The smallest absolute Gasteiger partial charge is 0.248 e. The Morgan fingerprint density at radius 2 is 1.76 bits per heavy atom. The van der Waals surface area contributed by atoms with Crippen LogP contribution in [0.3, 0.4) is 0 Å². The summed E-state index contributed by atoms with van der Waals surface area (Å²) >= 11 is 6.09. The first-order chi connectivity index (χ1) is 18.5. The molecule has 4 rings (SSSR count). The van der Waals surface area contributed by atoms with E-state index in [0.717, 1.165) is 44.0 Å². The van der Waals surface area contributed by atoms with E-state index >= 15 is 0 Å². The second-order valence-electron chi connectivity index (χ2n) is 8.92. The van der Waals surface area contributed by atoms with Gasteiger partial charge in [0.1, 0.15) is 6.04 Å². The van der Waals surface area contributed by atoms with Gasteiger partial charge in [0.2, 0.25) is 11.8 Å². The zero-order chi connectivity index (χ0) is 26.7. The van der Waals surface area contributed by atoms with Crippen LogP contribution in [-0.2, 0) is 14.3 Å². The first-order valence-corrected chi connectivity index (χ1v) is 12.9. The highest BCUT2D eigenvalue weighted by Gasteiger charge is 2.21. The molecule has 1 unspecified atom stereocenters. The number of nitrogens with zero attached hydrogens (tertiary/aromatic N) is 1. The molecule has 1 fully saturated rings. The number of ether oxygens (including phenoxy) is 1. The van der Waals surface area contributed by atoms with Crippen LogP contribution in [0.4, 0.5) is 17.1 Å². The number of carbonyl (C=O) groups excluding carboxylic acids is 2. The predicted molar refractivity (Wildman–Crippen MR) is 153 cm³/mol. The molecule has 0 aromatic heterocycles. The first kappa shape index (κ1) is 27.3. The Morgan fingerprint density at radius 3 is 2.50 bits per heavy atom. The summed E-state index contributed by atoms with van der Waals surface area (Å²) in [5.74, 6) is -0.465. The molecule has 9 heteroatoms. The number of nitrogen functional groups attached to an aromatic ring is 1. The summed E-state index contributed by atoms with van der Waals surface area (Å²) in [5, 5.41) is 9.67. The number of anilines is 3. The summed E-state index contributed by atoms with van der Waals surface area (Å²) in [7, 11) is 0. The van der Waals surface area contributed by atoms with E-state index in [-0.39, 0.29) is 11.8 Å². The van der Waals surface area contributed by atoms with Gasteiger partial charge in [-0.3, -0.25) is 14.5 Å². The average Bonchev–Trinajstić information content (AvgIpc) is 2.92. The number of morpholine rings is 1. The highest BCUT2D eigenvalue weighted by Crippen LogP contribution is 2.20. The molecular weight excluding hydrogens is 502 g/mol. The fraction of sp³-hybridized carbons (Fsp3) is 0.241. The lowest BCUT2D eigenvalue weighted by Crippen LogP contribution is -2.42. The number of hydrogen-bond acceptors (Lipinski definition) is 6. The molecule has 0 aliphatic carbocycles. The van der Waals surface area contributed by atoms with Crippen LogP contribution in [0.15, 0.2) is 78.9 Å². The van der Waals surface area contributed by atoms with Crippen molar-refractivity contribution in [2.24, 2.45) is 0 Å². The van der Waals surface area contributed by atoms with Crippen LogP contribution >= 0.6 is 11.6 Å². The standard InChI is InChI=1S/C29H32ClN5O3/c30-23-4-3-5-24(20-23)33-29(37)28(32-14-15-35-16-18-38-19-17-35)22-11-8-21(9-12-22)10-13-27(36)34-26-7-2-1-6-25(26)31/h1-13,20,28,32H,14-19,31H2,(H,33,37)(H,34,36)/b13-10+. The maximum absolute atomic E-state index is 13.3. The van der Waals surface area contributed by atoms with Crippen molar-refractivity contribution in [3.63, 3.8) is 0 Å². The van der Waals surface area contributed by atoms with Crippen LogP contribution in [0.25, 0.3) is 6.08 Å². The lowest BCUT2D eigenvalue weighted by molar-refractivity contribution is -0.118. The predicted octanol–water partition coefficient (Wildman–Crippen LogP) is 4.18. The third-order valence-corrected chi connectivity index (χ3v) is 6.39. The van der Waals surface area contributed by atoms with Gasteiger partial charge in [-0.05, 0) is 47.5 Å². The van der Waals surface area contributed by atoms with E-state index < -0.39 is 6.04 Å². The Kier molecular flexibility index (Phi) is 9.89. The molecule has 0 saturated carbocycles. The van der Waals surface area contributed by atoms with Crippen LogP contribution in [0.2, 0.25) is 5.02 Å². The van der Waals surface area contributed by atoms with Gasteiger partial charge >= 0.3 is 0 Å². The summed E-state index contributed by atoms with van der Waals surface area (Å²) < 4.78 is 5.42. The van der Waals surface area contributed by atoms with Gasteiger partial charge in [0.05, 0.1) is 24.6 Å². The number of halogens is 1. The van der Waals surface area contributed by atoms with Gasteiger partial charge < -0.3 is 26.4 Å². The number of benzene rings is 3. The minimum atomic E-state index is -0.572. The third-order valence-electron chi connectivity index (χ3n) is 6.15. The van der Waals surface area contributed by atoms with E-state index in [4.69, 9.17) is 22.1 Å². The molecule has 0 bridgehead atoms. The maximum atomic E-state index is 13.3. The van der Waals surface area contributed by atoms with Crippen LogP contribution < -0.4 is 21.7 Å². The number of para-hydroxylation sites is 2. The molecular formula is C29H32ClN5O3. The molecule has 1 aliphatic rings. The fourth-order valence-electron chi connectivity index (χ4n) is 4.09. The molecule has 1 heterocycles. The lowest BCUT2D eigenvalue weighted by atomic mass is 10.0. The molecule has 3 aromatic rings. The second kappa shape index (κ2) is 13.7. The van der Waals surface area contributed by atoms with E-state index in [1.54, 1.807) is 42.5 Å². The molecule has 5 N–H and O–H groups in total. The highest BCUT2D eigenvalue weighted by atomic mass is 35.5. The van der Waals surface area contributed by atoms with Crippen molar-refractivity contribution < 1.29 is 14.3 Å². The van der Waals surface area contributed by atoms with Gasteiger partial charge in [-0.1, -0.05) is 54.1 Å². The summed E-state index contributed by atoms with van der Waals surface area (Å²) in [6, 6.07) is 21.1. The van der Waals surface area contributed by atoms with Crippen LogP contribution in [0.5, 0.6) is 0 Å². The summed E-state index contributed by atoms with van der Waals surface area (Å²) in [6.45, 7) is 4.66. The van der Waals surface area contributed by atoms with Crippen molar-refractivity contribution in [2.75, 3.05) is 55.8 Å². The fourth-order valence-corrected chi connectivity index (χ4v) is 4.28. The van der Waals surface area contributed by atoms with E-state index in [1.165, 1.54) is 6.08 Å². The van der Waals surface area contributed by atoms with Crippen LogP contribution in [0, 0.1) is 0 Å². The van der Waals surface area contributed by atoms with Gasteiger partial charge in [-0.15, -0.1) is 0 Å². The number of nitrogens with one attached hydrogen (secondary N) is 3. The van der Waals surface area contributed by atoms with Gasteiger partial charge in [-0.25, -0.2) is 0 Å². The molecule has 0 spiro atoms. The molecule has 1 aliphatic heterocycles. The van der Waals surface area contributed by atoms with Gasteiger partial charge in [0.15, 0.2) is 0 Å². The molecule has 38 heavy (non-hydrogen) atoms. The van der Waals surface area contributed by atoms with Crippen LogP contribution in [0.1, 0.15) is 17.2 Å². The average molecular weight is 534 g/mol. The van der Waals surface area contributed by atoms with Crippen molar-refractivity contribution in [3.8, 4) is 0 Å². The minimum Gasteiger partial charge on any atom is -0.397 e. The zero-order valence-corrected chi connectivity index (χ0v) is 21.8. The number of hydrogen-bond donors (Lipinski definition) is 4. The SMILES string of the molecule is Nc1ccccc1NC(=O)/C=C/c1ccc(C(NCCN2CCOCC2)C(=O)Nc2cccc(Cl)c2)cc1. The molecule has 2 amide bonds. The summed E-state index contributed by atoms with van der Waals surface area (Å²) in [4.78, 5) is 27.9. The Balaban J connectivity index is 1.42. The minimum absolute atomic E-state index is 0.183. The number of carbonyl (C=O) groups is 2. The molecule has 8 nitrogen and oxygen atoms in total. The van der Waals surface area contributed by atoms with Crippen LogP contribution in [-0.4, -0.2) is 56.1 Å². The van der Waals surface area contributed by atoms with Crippen molar-refractivity contribution in [2.45, 2.75) is 6.04 Å². The van der Waals surface area contributed by atoms with Gasteiger partial charge in [0, 0.05) is 43.0 Å². The molecule has 1 atom stereocenters. The summed E-state index contributed by atoms with van der Waals surface area (Å²) in [6.07, 6.45) is 3.16. The highest BCUT2D eigenvalue weighted by molar-refractivity contribution is 6.30. The number of rotatable bonds is 10. The molecule has 0 radical (unpaired) electrons. The van der Waals surface area contributed by atoms with Crippen molar-refractivity contribution in [1.82, 2.24) is 10.2 Å². The largest absolute Gasteiger partial charge is 0.397 e. The van der Waals surface area contributed by atoms with Crippen molar-refractivity contribution in [1.29, 1.82) is 0 Å². The van der Waals surface area contributed by atoms with Crippen molar-refractivity contribution in [3.05, 3.63) is 95.0 Å². The maximum Gasteiger partial charge on any atom is 0.248 e. The van der Waals surface area contributed by atoms with E-state index in [2.05, 4.69) is 20.9 Å². The lowest BCUT2D eigenvalue weighted by Gasteiger charge is -2.27. The molecule has 198 valence electrons. The van der Waals surface area contributed by atoms with Crippen molar-refractivity contribution >= 4 is 46.6 Å². The van der Waals surface area contributed by atoms with Gasteiger partial charge in [0.25, 0.3) is 0 Å². The summed E-state index contributed by atoms with van der Waals surface area (Å²) in [5.41, 5.74) is 9.22. The third kappa shape index (κ3) is 8.16. The Labute approximate surface area is 227 Å². The first-order valence-electron chi connectivity index (χ1n) is 12.5. The van der Waals surface area contributed by atoms with Gasteiger partial charge in [-0.2, -0.15) is 0 Å². The number of amides is 2. The van der Waals surface area contributed by atoms with E-state index in [1.807, 2.05) is 36.4 Å². The Bertz CT molecular complexity index is 1260. The molecule has 3 aromatic carbocycles. The number of nitrogens with two attached hydrogens (primary N) is 1. The zero-order valence-electron chi connectivity index (χ0n) is 21.0. The Morgan fingerprint density at radius 1 is 1.00 bits per heavy atom. The normalized spacial score (nSPS) is 14.8. The molecule has 1 saturated heterocycles. The Hall–Kier alpha value is -3.69.